The second-order valence-electron chi connectivity index (χ2n) is 7.43. The molecule has 1 fully saturated rings. The smallest absolute Gasteiger partial charge is 0.210 e. The van der Waals surface area contributed by atoms with Crippen molar-refractivity contribution in [1.82, 2.24) is 4.98 Å². The first-order valence-electron chi connectivity index (χ1n) is 10.1. The Morgan fingerprint density at radius 1 is 1.07 bits per heavy atom. The summed E-state index contributed by atoms with van der Waals surface area (Å²) < 4.78 is 38.5. The summed E-state index contributed by atoms with van der Waals surface area (Å²) in [5, 5.41) is 0.771. The lowest BCUT2D eigenvalue weighted by molar-refractivity contribution is 0.122. The second-order valence-corrected chi connectivity index (χ2v) is 9.35. The number of sulfone groups is 1. The van der Waals surface area contributed by atoms with Gasteiger partial charge in [0, 0.05) is 24.7 Å². The number of morpholine rings is 1. The van der Waals surface area contributed by atoms with Gasteiger partial charge in [0.2, 0.25) is 9.84 Å². The number of benzene rings is 2. The van der Waals surface area contributed by atoms with Crippen LogP contribution in [0.4, 0.5) is 5.69 Å². The fraction of sp³-hybridized carbons (Fsp3) is 0.348. The van der Waals surface area contributed by atoms with Gasteiger partial charge in [-0.05, 0) is 62.2 Å². The van der Waals surface area contributed by atoms with E-state index in [0.29, 0.717) is 44.3 Å². The van der Waals surface area contributed by atoms with Crippen LogP contribution in [0.1, 0.15) is 18.1 Å². The summed E-state index contributed by atoms with van der Waals surface area (Å²) in [5.41, 5.74) is 3.40. The molecule has 0 unspecified atom stereocenters. The zero-order valence-electron chi connectivity index (χ0n) is 17.5. The van der Waals surface area contributed by atoms with E-state index in [1.54, 1.807) is 12.1 Å². The van der Waals surface area contributed by atoms with Gasteiger partial charge in [-0.25, -0.2) is 8.42 Å². The number of aromatic nitrogens is 1. The molecule has 1 aromatic heterocycles. The average Bonchev–Trinajstić information content (AvgIpc) is 2.75. The lowest BCUT2D eigenvalue weighted by atomic mass is 10.1. The summed E-state index contributed by atoms with van der Waals surface area (Å²) in [4.78, 5) is 7.05. The van der Waals surface area contributed by atoms with Gasteiger partial charge in [-0.1, -0.05) is 6.07 Å². The molecule has 158 valence electrons. The molecule has 0 radical (unpaired) electrons. The third kappa shape index (κ3) is 3.75. The molecular weight excluding hydrogens is 400 g/mol. The Labute approximate surface area is 177 Å². The van der Waals surface area contributed by atoms with Crippen molar-refractivity contribution in [2.24, 2.45) is 0 Å². The molecule has 6 nitrogen and oxygen atoms in total. The Hall–Kier alpha value is -2.64. The Bertz CT molecular complexity index is 1190. The molecule has 4 rings (SSSR count). The summed E-state index contributed by atoms with van der Waals surface area (Å²) in [6.45, 7) is 8.69. The van der Waals surface area contributed by atoms with Gasteiger partial charge >= 0.3 is 0 Å². The first-order valence-corrected chi connectivity index (χ1v) is 11.6. The van der Waals surface area contributed by atoms with Crippen LogP contribution in [0.3, 0.4) is 0 Å². The number of rotatable bonds is 5. The number of ether oxygens (including phenoxy) is 2. The van der Waals surface area contributed by atoms with Crippen LogP contribution < -0.4 is 9.64 Å². The number of nitrogens with zero attached hydrogens (tertiary/aromatic N) is 2. The van der Waals surface area contributed by atoms with Gasteiger partial charge < -0.3 is 14.4 Å². The maximum absolute atomic E-state index is 13.7. The molecule has 0 saturated carbocycles. The largest absolute Gasteiger partial charge is 0.494 e. The van der Waals surface area contributed by atoms with Crippen LogP contribution in [0.2, 0.25) is 0 Å². The van der Waals surface area contributed by atoms with Crippen LogP contribution in [0, 0.1) is 13.8 Å². The molecule has 0 spiro atoms. The molecular formula is C23H26N2O4S. The number of fused-ring (bicyclic) bond motifs is 1. The highest BCUT2D eigenvalue weighted by Crippen LogP contribution is 2.38. The van der Waals surface area contributed by atoms with Crippen LogP contribution in [0.15, 0.2) is 52.4 Å². The molecule has 2 heterocycles. The molecule has 0 atom stereocenters. The average molecular weight is 427 g/mol. The fourth-order valence-corrected chi connectivity index (χ4v) is 5.23. The standard InChI is InChI=1S/C23H26N2O4S/c1-4-29-18-6-8-21-20(14-18)23(25-9-11-28-12-10-25)22(15-24-21)30(26,27)19-7-5-16(2)17(3)13-19/h5-8,13-15H,4,9-12H2,1-3H3. The minimum Gasteiger partial charge on any atom is -0.494 e. The molecule has 1 saturated heterocycles. The van der Waals surface area contributed by atoms with Crippen molar-refractivity contribution in [3.63, 3.8) is 0 Å². The van der Waals surface area contributed by atoms with E-state index in [-0.39, 0.29) is 9.79 Å². The van der Waals surface area contributed by atoms with Crippen LogP contribution in [0.5, 0.6) is 5.75 Å². The highest BCUT2D eigenvalue weighted by Gasteiger charge is 2.28. The van der Waals surface area contributed by atoms with E-state index in [2.05, 4.69) is 9.88 Å². The van der Waals surface area contributed by atoms with E-state index in [1.165, 1.54) is 6.20 Å². The van der Waals surface area contributed by atoms with Gasteiger partial charge in [0.15, 0.2) is 0 Å². The van der Waals surface area contributed by atoms with E-state index in [0.717, 1.165) is 22.0 Å². The highest BCUT2D eigenvalue weighted by molar-refractivity contribution is 7.91. The first-order chi connectivity index (χ1) is 14.4. The minimum atomic E-state index is -3.76. The van der Waals surface area contributed by atoms with Gasteiger partial charge in [-0.15, -0.1) is 0 Å². The van der Waals surface area contributed by atoms with Gasteiger partial charge in [0.05, 0.1) is 35.9 Å². The first kappa shape index (κ1) is 20.6. The zero-order valence-corrected chi connectivity index (χ0v) is 18.3. The fourth-order valence-electron chi connectivity index (χ4n) is 3.71. The van der Waals surface area contributed by atoms with Gasteiger partial charge in [-0.3, -0.25) is 4.98 Å². The van der Waals surface area contributed by atoms with Gasteiger partial charge in [0.1, 0.15) is 10.6 Å². The van der Waals surface area contributed by atoms with E-state index in [1.807, 2.05) is 45.0 Å². The Morgan fingerprint density at radius 3 is 2.53 bits per heavy atom. The van der Waals surface area contributed by atoms with E-state index in [4.69, 9.17) is 9.47 Å². The maximum atomic E-state index is 13.7. The molecule has 0 amide bonds. The lowest BCUT2D eigenvalue weighted by Gasteiger charge is -2.31. The second kappa shape index (κ2) is 8.24. The predicted octanol–water partition coefficient (Wildman–Crippen LogP) is 3.92. The van der Waals surface area contributed by atoms with Crippen molar-refractivity contribution < 1.29 is 17.9 Å². The third-order valence-electron chi connectivity index (χ3n) is 5.49. The van der Waals surface area contributed by atoms with Crippen molar-refractivity contribution in [3.8, 4) is 5.75 Å². The van der Waals surface area contributed by atoms with E-state index < -0.39 is 9.84 Å². The molecule has 30 heavy (non-hydrogen) atoms. The predicted molar refractivity (Wildman–Crippen MR) is 117 cm³/mol. The van der Waals surface area contributed by atoms with Crippen LogP contribution in [-0.4, -0.2) is 46.3 Å². The quantitative estimate of drug-likeness (QED) is 0.616. The molecule has 0 N–H and O–H groups in total. The highest BCUT2D eigenvalue weighted by atomic mass is 32.2. The normalized spacial score (nSPS) is 14.8. The Balaban J connectivity index is 1.96. The summed E-state index contributed by atoms with van der Waals surface area (Å²) >= 11 is 0. The Kier molecular flexibility index (Phi) is 5.66. The Morgan fingerprint density at radius 2 is 1.83 bits per heavy atom. The molecule has 1 aliphatic heterocycles. The number of hydrogen-bond donors (Lipinski definition) is 0. The number of anilines is 1. The topological polar surface area (TPSA) is 68.7 Å². The summed E-state index contributed by atoms with van der Waals surface area (Å²) in [6.07, 6.45) is 1.48. The van der Waals surface area contributed by atoms with Crippen molar-refractivity contribution in [1.29, 1.82) is 0 Å². The molecule has 2 aromatic carbocycles. The molecule has 3 aromatic rings. The van der Waals surface area contributed by atoms with Crippen molar-refractivity contribution >= 4 is 26.4 Å². The van der Waals surface area contributed by atoms with Crippen molar-refractivity contribution in [3.05, 3.63) is 53.7 Å². The van der Waals surface area contributed by atoms with E-state index in [9.17, 15) is 8.42 Å². The van der Waals surface area contributed by atoms with Crippen LogP contribution in [-0.2, 0) is 14.6 Å². The molecule has 0 aliphatic carbocycles. The monoisotopic (exact) mass is 426 g/mol. The van der Waals surface area contributed by atoms with Gasteiger partial charge in [0.25, 0.3) is 0 Å². The van der Waals surface area contributed by atoms with Crippen LogP contribution >= 0.6 is 0 Å². The van der Waals surface area contributed by atoms with Crippen molar-refractivity contribution in [2.45, 2.75) is 30.6 Å². The lowest BCUT2D eigenvalue weighted by Crippen LogP contribution is -2.37. The summed E-state index contributed by atoms with van der Waals surface area (Å²) in [5.74, 6) is 0.696. The summed E-state index contributed by atoms with van der Waals surface area (Å²) in [6, 6.07) is 10.9. The van der Waals surface area contributed by atoms with Crippen LogP contribution in [0.25, 0.3) is 10.9 Å². The maximum Gasteiger partial charge on any atom is 0.210 e. The third-order valence-corrected chi connectivity index (χ3v) is 7.25. The number of pyridine rings is 1. The molecule has 0 bridgehead atoms. The number of aryl methyl sites for hydroxylation is 2. The molecule has 7 heteroatoms. The van der Waals surface area contributed by atoms with Gasteiger partial charge in [-0.2, -0.15) is 0 Å². The SMILES string of the molecule is CCOc1ccc2ncc(S(=O)(=O)c3ccc(C)c(C)c3)c(N3CCOCC3)c2c1. The van der Waals surface area contributed by atoms with Crippen molar-refractivity contribution in [2.75, 3.05) is 37.8 Å². The number of hydrogen-bond acceptors (Lipinski definition) is 6. The summed E-state index contributed by atoms with van der Waals surface area (Å²) in [7, 11) is -3.76. The minimum absolute atomic E-state index is 0.216. The zero-order chi connectivity index (χ0) is 21.3. The molecule has 1 aliphatic rings. The van der Waals surface area contributed by atoms with E-state index >= 15 is 0 Å².